The van der Waals surface area contributed by atoms with Crippen molar-refractivity contribution in [3.8, 4) is 0 Å². The van der Waals surface area contributed by atoms with Crippen molar-refractivity contribution in [2.24, 2.45) is 0 Å². The molecule has 0 radical (unpaired) electrons. The Kier molecular flexibility index (Phi) is 3.82. The van der Waals surface area contributed by atoms with Crippen LogP contribution in [0.25, 0.3) is 0 Å². The second kappa shape index (κ2) is 5.36. The Morgan fingerprint density at radius 3 is 2.50 bits per heavy atom. The van der Waals surface area contributed by atoms with E-state index < -0.39 is 0 Å². The van der Waals surface area contributed by atoms with Gasteiger partial charge in [0.2, 0.25) is 0 Å². The molecule has 0 fully saturated rings. The Labute approximate surface area is 109 Å². The molecule has 0 aliphatic carbocycles. The summed E-state index contributed by atoms with van der Waals surface area (Å²) in [6.45, 7) is 7.24. The second-order valence-electron chi connectivity index (χ2n) is 4.84. The fourth-order valence-electron chi connectivity index (χ4n) is 2.11. The fourth-order valence-corrected chi connectivity index (χ4v) is 2.11. The van der Waals surface area contributed by atoms with E-state index in [-0.39, 0.29) is 0 Å². The summed E-state index contributed by atoms with van der Waals surface area (Å²) in [6, 6.07) is 8.97. The minimum absolute atomic E-state index is 0.294. The maximum atomic E-state index is 4.35. The average molecular weight is 243 g/mol. The molecule has 3 heteroatoms. The number of hydrogen-bond acceptors (Lipinski definition) is 2. The van der Waals surface area contributed by atoms with Crippen LogP contribution in [-0.2, 0) is 6.54 Å². The maximum absolute atomic E-state index is 4.35. The lowest BCUT2D eigenvalue weighted by Gasteiger charge is -2.18. The van der Waals surface area contributed by atoms with Crippen LogP contribution in [-0.4, -0.2) is 16.8 Å². The molecule has 0 amide bonds. The molecule has 3 nitrogen and oxygen atoms in total. The van der Waals surface area contributed by atoms with E-state index in [2.05, 4.69) is 49.4 Å². The van der Waals surface area contributed by atoms with Crippen LogP contribution in [0.2, 0.25) is 0 Å². The smallest absolute Gasteiger partial charge is 0.0607 e. The van der Waals surface area contributed by atoms with Crippen molar-refractivity contribution in [2.45, 2.75) is 33.4 Å². The molecular weight excluding hydrogens is 222 g/mol. The van der Waals surface area contributed by atoms with Crippen LogP contribution < -0.4 is 5.32 Å². The van der Waals surface area contributed by atoms with E-state index in [0.29, 0.717) is 6.04 Å². The van der Waals surface area contributed by atoms with Crippen LogP contribution in [0, 0.1) is 20.8 Å². The van der Waals surface area contributed by atoms with Crippen LogP contribution in [0.4, 0.5) is 0 Å². The van der Waals surface area contributed by atoms with E-state index >= 15 is 0 Å². The molecule has 2 rings (SSSR count). The van der Waals surface area contributed by atoms with E-state index in [9.17, 15) is 0 Å². The van der Waals surface area contributed by atoms with Crippen molar-refractivity contribution in [3.63, 3.8) is 0 Å². The van der Waals surface area contributed by atoms with Crippen LogP contribution in [0.3, 0.4) is 0 Å². The minimum atomic E-state index is 0.294. The van der Waals surface area contributed by atoms with Gasteiger partial charge in [-0.2, -0.15) is 5.10 Å². The van der Waals surface area contributed by atoms with E-state index in [1.165, 1.54) is 22.4 Å². The lowest BCUT2D eigenvalue weighted by molar-refractivity contribution is 0.461. The summed E-state index contributed by atoms with van der Waals surface area (Å²) in [5, 5.41) is 7.72. The van der Waals surface area contributed by atoms with Crippen molar-refractivity contribution < 1.29 is 0 Å². The first-order valence-electron chi connectivity index (χ1n) is 6.34. The largest absolute Gasteiger partial charge is 0.311 e. The van der Waals surface area contributed by atoms with E-state index in [4.69, 9.17) is 0 Å². The number of hydrogen-bond donors (Lipinski definition) is 1. The molecule has 1 atom stereocenters. The lowest BCUT2D eigenvalue weighted by atomic mass is 10.0. The number of aryl methyl sites for hydroxylation is 3. The van der Waals surface area contributed by atoms with Crippen LogP contribution in [0.1, 0.15) is 28.4 Å². The van der Waals surface area contributed by atoms with Gasteiger partial charge in [-0.05, 0) is 50.6 Å². The summed E-state index contributed by atoms with van der Waals surface area (Å²) in [7, 11) is 2.00. The first-order chi connectivity index (χ1) is 8.61. The van der Waals surface area contributed by atoms with E-state index in [0.717, 1.165) is 6.54 Å². The molecule has 0 aliphatic heterocycles. The molecular formula is C15H21N3. The van der Waals surface area contributed by atoms with Gasteiger partial charge in [0.25, 0.3) is 0 Å². The first-order valence-corrected chi connectivity index (χ1v) is 6.34. The van der Waals surface area contributed by atoms with Gasteiger partial charge in [-0.15, -0.1) is 0 Å². The van der Waals surface area contributed by atoms with Crippen molar-refractivity contribution in [3.05, 3.63) is 52.8 Å². The zero-order valence-electron chi connectivity index (χ0n) is 11.6. The molecule has 0 aliphatic rings. The van der Waals surface area contributed by atoms with E-state index in [1.807, 2.05) is 24.0 Å². The van der Waals surface area contributed by atoms with Crippen molar-refractivity contribution in [1.82, 2.24) is 15.1 Å². The third-order valence-electron chi connectivity index (χ3n) is 3.57. The van der Waals surface area contributed by atoms with Crippen molar-refractivity contribution >= 4 is 0 Å². The number of aromatic nitrogens is 2. The molecule has 0 saturated carbocycles. The molecule has 1 aromatic heterocycles. The molecule has 2 aromatic rings. The molecule has 0 saturated heterocycles. The van der Waals surface area contributed by atoms with Crippen molar-refractivity contribution in [2.75, 3.05) is 7.05 Å². The zero-order valence-corrected chi connectivity index (χ0v) is 11.6. The SMILES string of the molecule is CNC(Cn1nccc1C)c1ccc(C)c(C)c1. The molecule has 18 heavy (non-hydrogen) atoms. The summed E-state index contributed by atoms with van der Waals surface area (Å²) in [5.74, 6) is 0. The number of nitrogens with one attached hydrogen (secondary N) is 1. The standard InChI is InChI=1S/C15H21N3/c1-11-5-6-14(9-12(11)2)15(16-4)10-18-13(3)7-8-17-18/h5-9,15-16H,10H2,1-4H3. The minimum Gasteiger partial charge on any atom is -0.311 e. The number of rotatable bonds is 4. The summed E-state index contributed by atoms with van der Waals surface area (Å²) in [6.07, 6.45) is 1.85. The number of benzene rings is 1. The molecule has 1 N–H and O–H groups in total. The molecule has 1 aromatic carbocycles. The molecule has 0 bridgehead atoms. The maximum Gasteiger partial charge on any atom is 0.0607 e. The topological polar surface area (TPSA) is 29.9 Å². The monoisotopic (exact) mass is 243 g/mol. The average Bonchev–Trinajstić information content (AvgIpc) is 2.75. The van der Waals surface area contributed by atoms with Crippen LogP contribution in [0.15, 0.2) is 30.5 Å². The highest BCUT2D eigenvalue weighted by Crippen LogP contribution is 2.18. The molecule has 1 unspecified atom stereocenters. The second-order valence-corrected chi connectivity index (χ2v) is 4.84. The Balaban J connectivity index is 2.23. The highest BCUT2D eigenvalue weighted by atomic mass is 15.3. The first kappa shape index (κ1) is 12.8. The summed E-state index contributed by atoms with van der Waals surface area (Å²) >= 11 is 0. The van der Waals surface area contributed by atoms with Crippen LogP contribution in [0.5, 0.6) is 0 Å². The van der Waals surface area contributed by atoms with Gasteiger partial charge in [-0.25, -0.2) is 0 Å². The van der Waals surface area contributed by atoms with Gasteiger partial charge >= 0.3 is 0 Å². The molecule has 0 spiro atoms. The van der Waals surface area contributed by atoms with Gasteiger partial charge in [0.1, 0.15) is 0 Å². The Bertz CT molecular complexity index is 528. The third-order valence-corrected chi connectivity index (χ3v) is 3.57. The van der Waals surface area contributed by atoms with Crippen molar-refractivity contribution in [1.29, 1.82) is 0 Å². The number of nitrogens with zero attached hydrogens (tertiary/aromatic N) is 2. The molecule has 1 heterocycles. The summed E-state index contributed by atoms with van der Waals surface area (Å²) < 4.78 is 2.04. The zero-order chi connectivity index (χ0) is 13.1. The van der Waals surface area contributed by atoms with Gasteiger partial charge in [0, 0.05) is 11.9 Å². The Morgan fingerprint density at radius 2 is 1.94 bits per heavy atom. The van der Waals surface area contributed by atoms with Gasteiger partial charge in [0.05, 0.1) is 12.6 Å². The van der Waals surface area contributed by atoms with Gasteiger partial charge in [-0.1, -0.05) is 18.2 Å². The predicted molar refractivity (Wildman–Crippen MR) is 74.7 cm³/mol. The fraction of sp³-hybridized carbons (Fsp3) is 0.400. The Hall–Kier alpha value is -1.61. The molecule has 96 valence electrons. The van der Waals surface area contributed by atoms with E-state index in [1.54, 1.807) is 0 Å². The quantitative estimate of drug-likeness (QED) is 0.895. The van der Waals surface area contributed by atoms with Crippen LogP contribution >= 0.6 is 0 Å². The number of likely N-dealkylation sites (N-methyl/N-ethyl adjacent to an activating group) is 1. The predicted octanol–water partition coefficient (Wildman–Crippen LogP) is 2.77. The summed E-state index contributed by atoms with van der Waals surface area (Å²) in [5.41, 5.74) is 5.18. The van der Waals surface area contributed by atoms with Gasteiger partial charge in [0.15, 0.2) is 0 Å². The van der Waals surface area contributed by atoms with Gasteiger partial charge in [-0.3, -0.25) is 4.68 Å². The normalized spacial score (nSPS) is 12.7. The highest BCUT2D eigenvalue weighted by molar-refractivity contribution is 5.31. The highest BCUT2D eigenvalue weighted by Gasteiger charge is 2.12. The summed E-state index contributed by atoms with van der Waals surface area (Å²) in [4.78, 5) is 0. The third kappa shape index (κ3) is 2.62. The van der Waals surface area contributed by atoms with Gasteiger partial charge < -0.3 is 5.32 Å². The Morgan fingerprint density at radius 1 is 1.17 bits per heavy atom. The lowest BCUT2D eigenvalue weighted by Crippen LogP contribution is -2.23.